The molecule has 0 radical (unpaired) electrons. The molecule has 0 aliphatic rings. The summed E-state index contributed by atoms with van der Waals surface area (Å²) in [6.45, 7) is 2.40. The molecule has 0 spiro atoms. The highest BCUT2D eigenvalue weighted by atomic mass is 16.1. The van der Waals surface area contributed by atoms with Gasteiger partial charge in [-0.15, -0.1) is 5.10 Å². The Balaban J connectivity index is 1.83. The van der Waals surface area contributed by atoms with Crippen molar-refractivity contribution in [3.8, 4) is 11.4 Å². The number of aldehydes is 1. The van der Waals surface area contributed by atoms with Gasteiger partial charge in [-0.05, 0) is 30.2 Å². The fraction of sp³-hybridized carbons (Fsp3) is 0.118. The Hall–Kier alpha value is -3.75. The summed E-state index contributed by atoms with van der Waals surface area (Å²) in [6, 6.07) is 7.43. The van der Waals surface area contributed by atoms with Gasteiger partial charge in [0.05, 0.1) is 12.2 Å². The SMILES string of the molecule is Cc1cc(Cn2nnc3c(-c4[nH]ccc4C=O)nc(N)nc32)ccc1N. The number of nitrogens with one attached hydrogen (secondary N) is 1. The highest BCUT2D eigenvalue weighted by Gasteiger charge is 2.18. The number of anilines is 2. The maximum atomic E-state index is 11.2. The summed E-state index contributed by atoms with van der Waals surface area (Å²) in [7, 11) is 0. The zero-order chi connectivity index (χ0) is 18.3. The van der Waals surface area contributed by atoms with Crippen LogP contribution in [0.25, 0.3) is 22.6 Å². The first-order valence-corrected chi connectivity index (χ1v) is 7.91. The smallest absolute Gasteiger partial charge is 0.222 e. The number of carbonyl (C=O) groups excluding carboxylic acids is 1. The number of aryl methyl sites for hydroxylation is 1. The van der Waals surface area contributed by atoms with Gasteiger partial charge in [0, 0.05) is 17.4 Å². The minimum absolute atomic E-state index is 0.0796. The maximum absolute atomic E-state index is 11.2. The highest BCUT2D eigenvalue weighted by Crippen LogP contribution is 2.26. The molecule has 130 valence electrons. The van der Waals surface area contributed by atoms with Crippen molar-refractivity contribution in [1.82, 2.24) is 29.9 Å². The van der Waals surface area contributed by atoms with E-state index in [1.807, 2.05) is 25.1 Å². The lowest BCUT2D eigenvalue weighted by Gasteiger charge is -2.06. The lowest BCUT2D eigenvalue weighted by molar-refractivity contribution is 0.112. The van der Waals surface area contributed by atoms with Crippen LogP contribution in [0.2, 0.25) is 0 Å². The van der Waals surface area contributed by atoms with Gasteiger partial charge >= 0.3 is 0 Å². The zero-order valence-corrected chi connectivity index (χ0v) is 14.0. The predicted molar refractivity (Wildman–Crippen MR) is 97.4 cm³/mol. The number of nitrogens with two attached hydrogens (primary N) is 2. The van der Waals surface area contributed by atoms with Crippen LogP contribution in [0, 0.1) is 6.92 Å². The van der Waals surface area contributed by atoms with Gasteiger partial charge in [-0.2, -0.15) is 4.98 Å². The van der Waals surface area contributed by atoms with Crippen LogP contribution in [0.5, 0.6) is 0 Å². The Morgan fingerprint density at radius 2 is 2.08 bits per heavy atom. The molecule has 1 aromatic carbocycles. The first kappa shape index (κ1) is 15.8. The summed E-state index contributed by atoms with van der Waals surface area (Å²) in [5.74, 6) is 0.0796. The Kier molecular flexibility index (Phi) is 3.61. The monoisotopic (exact) mass is 348 g/mol. The number of hydrogen-bond donors (Lipinski definition) is 3. The number of H-pyrrole nitrogens is 1. The summed E-state index contributed by atoms with van der Waals surface area (Å²) < 4.78 is 1.64. The number of fused-ring (bicyclic) bond motifs is 1. The molecule has 0 unspecified atom stereocenters. The van der Waals surface area contributed by atoms with E-state index in [2.05, 4.69) is 25.3 Å². The van der Waals surface area contributed by atoms with Crippen LogP contribution in [0.4, 0.5) is 11.6 Å². The van der Waals surface area contributed by atoms with Crippen LogP contribution in [0.15, 0.2) is 30.5 Å². The topological polar surface area (TPSA) is 141 Å². The summed E-state index contributed by atoms with van der Waals surface area (Å²) in [6.07, 6.45) is 2.41. The Morgan fingerprint density at radius 1 is 1.23 bits per heavy atom. The van der Waals surface area contributed by atoms with E-state index in [9.17, 15) is 4.79 Å². The van der Waals surface area contributed by atoms with E-state index in [1.54, 1.807) is 16.9 Å². The van der Waals surface area contributed by atoms with Crippen molar-refractivity contribution >= 4 is 29.1 Å². The fourth-order valence-electron chi connectivity index (χ4n) is 2.85. The second-order valence-electron chi connectivity index (χ2n) is 5.97. The summed E-state index contributed by atoms with van der Waals surface area (Å²) >= 11 is 0. The molecular weight excluding hydrogens is 332 g/mol. The Labute approximate surface area is 148 Å². The van der Waals surface area contributed by atoms with Gasteiger partial charge in [0.15, 0.2) is 17.5 Å². The maximum Gasteiger partial charge on any atom is 0.222 e. The Morgan fingerprint density at radius 3 is 2.85 bits per heavy atom. The highest BCUT2D eigenvalue weighted by molar-refractivity contribution is 5.93. The van der Waals surface area contributed by atoms with Gasteiger partial charge in [0.25, 0.3) is 0 Å². The van der Waals surface area contributed by atoms with Crippen LogP contribution in [-0.4, -0.2) is 36.2 Å². The van der Waals surface area contributed by atoms with Crippen molar-refractivity contribution in [3.05, 3.63) is 47.2 Å². The second kappa shape index (κ2) is 5.96. The third-order valence-corrected chi connectivity index (χ3v) is 4.19. The standard InChI is InChI=1S/C17H16N8O/c1-9-6-10(2-3-12(9)18)7-25-16-15(23-24-25)14(21-17(19)22-16)13-11(8-26)4-5-20-13/h2-6,8,20H,7,18H2,1H3,(H2,19,21,22). The van der Waals surface area contributed by atoms with Crippen molar-refractivity contribution in [2.75, 3.05) is 11.5 Å². The minimum Gasteiger partial charge on any atom is -0.399 e. The molecule has 9 nitrogen and oxygen atoms in total. The van der Waals surface area contributed by atoms with Crippen LogP contribution < -0.4 is 11.5 Å². The number of nitrogen functional groups attached to an aromatic ring is 2. The number of benzene rings is 1. The molecule has 9 heteroatoms. The largest absolute Gasteiger partial charge is 0.399 e. The van der Waals surface area contributed by atoms with E-state index in [1.165, 1.54) is 0 Å². The molecule has 3 heterocycles. The molecule has 0 aliphatic carbocycles. The molecule has 4 rings (SSSR count). The van der Waals surface area contributed by atoms with Gasteiger partial charge in [0.2, 0.25) is 5.95 Å². The molecule has 0 fully saturated rings. The zero-order valence-electron chi connectivity index (χ0n) is 14.0. The number of aromatic amines is 1. The van der Waals surface area contributed by atoms with E-state index in [-0.39, 0.29) is 5.95 Å². The quantitative estimate of drug-likeness (QED) is 0.375. The lowest BCUT2D eigenvalue weighted by atomic mass is 10.1. The number of hydrogen-bond acceptors (Lipinski definition) is 7. The van der Waals surface area contributed by atoms with E-state index >= 15 is 0 Å². The third-order valence-electron chi connectivity index (χ3n) is 4.19. The van der Waals surface area contributed by atoms with Crippen LogP contribution in [0.1, 0.15) is 21.5 Å². The van der Waals surface area contributed by atoms with Crippen LogP contribution in [0.3, 0.4) is 0 Å². The minimum atomic E-state index is 0.0796. The van der Waals surface area contributed by atoms with Gasteiger partial charge < -0.3 is 16.5 Å². The molecule has 0 saturated carbocycles. The second-order valence-corrected chi connectivity index (χ2v) is 5.97. The van der Waals surface area contributed by atoms with Crippen molar-refractivity contribution in [2.24, 2.45) is 0 Å². The summed E-state index contributed by atoms with van der Waals surface area (Å²) in [5.41, 5.74) is 16.9. The number of rotatable bonds is 4. The first-order chi connectivity index (χ1) is 12.6. The normalized spacial score (nSPS) is 11.1. The first-order valence-electron chi connectivity index (χ1n) is 7.91. The van der Waals surface area contributed by atoms with E-state index in [0.29, 0.717) is 34.7 Å². The van der Waals surface area contributed by atoms with Crippen molar-refractivity contribution < 1.29 is 4.79 Å². The average Bonchev–Trinajstić information content (AvgIpc) is 3.25. The van der Waals surface area contributed by atoms with Crippen molar-refractivity contribution in [1.29, 1.82) is 0 Å². The molecule has 0 atom stereocenters. The number of carbonyl (C=O) groups is 1. The van der Waals surface area contributed by atoms with E-state index in [0.717, 1.165) is 23.1 Å². The predicted octanol–water partition coefficient (Wildman–Crippen LogP) is 1.55. The molecule has 0 saturated heterocycles. The van der Waals surface area contributed by atoms with E-state index in [4.69, 9.17) is 11.5 Å². The van der Waals surface area contributed by atoms with Crippen molar-refractivity contribution in [2.45, 2.75) is 13.5 Å². The number of aromatic nitrogens is 6. The molecular formula is C17H16N8O. The fourth-order valence-corrected chi connectivity index (χ4v) is 2.85. The molecule has 0 bridgehead atoms. The molecule has 4 aromatic rings. The third kappa shape index (κ3) is 2.55. The molecule has 0 aliphatic heterocycles. The lowest BCUT2D eigenvalue weighted by Crippen LogP contribution is -2.06. The van der Waals surface area contributed by atoms with Gasteiger partial charge in [-0.1, -0.05) is 17.3 Å². The average molecular weight is 348 g/mol. The summed E-state index contributed by atoms with van der Waals surface area (Å²) in [4.78, 5) is 22.8. The summed E-state index contributed by atoms with van der Waals surface area (Å²) in [5, 5.41) is 8.38. The van der Waals surface area contributed by atoms with Gasteiger partial charge in [0.1, 0.15) is 5.69 Å². The van der Waals surface area contributed by atoms with Crippen molar-refractivity contribution in [3.63, 3.8) is 0 Å². The Bertz CT molecular complexity index is 1130. The molecule has 5 N–H and O–H groups in total. The molecule has 26 heavy (non-hydrogen) atoms. The van der Waals surface area contributed by atoms with E-state index < -0.39 is 0 Å². The van der Waals surface area contributed by atoms with Gasteiger partial charge in [-0.25, -0.2) is 9.67 Å². The molecule has 0 amide bonds. The van der Waals surface area contributed by atoms with Gasteiger partial charge in [-0.3, -0.25) is 4.79 Å². The number of nitrogens with zero attached hydrogens (tertiary/aromatic N) is 5. The molecule has 3 aromatic heterocycles. The van der Waals surface area contributed by atoms with Crippen LogP contribution >= 0.6 is 0 Å². The van der Waals surface area contributed by atoms with Crippen LogP contribution in [-0.2, 0) is 6.54 Å².